The summed E-state index contributed by atoms with van der Waals surface area (Å²) in [7, 11) is -3.65. The van der Waals surface area contributed by atoms with E-state index in [9.17, 15) is 13.2 Å². The molecule has 1 N–H and O–H groups in total. The molecule has 1 fully saturated rings. The normalized spacial score (nSPS) is 15.8. The van der Waals surface area contributed by atoms with Crippen LogP contribution in [0.2, 0.25) is 0 Å². The fraction of sp³-hybridized carbons (Fsp3) is 0.286. The first kappa shape index (κ1) is 14.7. The van der Waals surface area contributed by atoms with Crippen molar-refractivity contribution in [1.82, 2.24) is 9.29 Å². The van der Waals surface area contributed by atoms with Gasteiger partial charge in [0, 0.05) is 19.3 Å². The molecule has 1 amide bonds. The highest BCUT2D eigenvalue weighted by atomic mass is 32.2. The Labute approximate surface area is 128 Å². The Balaban J connectivity index is 1.77. The molecule has 116 valence electrons. The fourth-order valence-electron chi connectivity index (χ4n) is 2.27. The summed E-state index contributed by atoms with van der Waals surface area (Å²) in [5, 5.41) is 2.39. The molecule has 0 atom stereocenters. The molecular formula is C14H15N3O4S. The summed E-state index contributed by atoms with van der Waals surface area (Å²) < 4.78 is 31.2. The molecule has 0 unspecified atom stereocenters. The van der Waals surface area contributed by atoms with Gasteiger partial charge in [-0.15, -0.1) is 0 Å². The number of aromatic nitrogens is 1. The van der Waals surface area contributed by atoms with Gasteiger partial charge in [-0.1, -0.05) is 0 Å². The molecule has 0 saturated carbocycles. The van der Waals surface area contributed by atoms with Gasteiger partial charge in [0.1, 0.15) is 0 Å². The van der Waals surface area contributed by atoms with Crippen LogP contribution in [0, 0.1) is 0 Å². The lowest BCUT2D eigenvalue weighted by Crippen LogP contribution is -2.27. The molecule has 0 radical (unpaired) electrons. The van der Waals surface area contributed by atoms with Crippen molar-refractivity contribution in [2.45, 2.75) is 17.9 Å². The summed E-state index contributed by atoms with van der Waals surface area (Å²) in [6, 6.07) is 6.03. The van der Waals surface area contributed by atoms with E-state index in [0.29, 0.717) is 18.8 Å². The third-order valence-electron chi connectivity index (χ3n) is 3.38. The second-order valence-corrected chi connectivity index (χ2v) is 6.79. The molecule has 0 aliphatic carbocycles. The number of nitrogens with one attached hydrogen (secondary N) is 1. The Morgan fingerprint density at radius 3 is 2.68 bits per heavy atom. The van der Waals surface area contributed by atoms with Crippen molar-refractivity contribution >= 4 is 21.6 Å². The van der Waals surface area contributed by atoms with Gasteiger partial charge in [0.25, 0.3) is 15.9 Å². The van der Waals surface area contributed by atoms with Gasteiger partial charge < -0.3 is 9.73 Å². The topological polar surface area (TPSA) is 92.5 Å². The Morgan fingerprint density at radius 2 is 2.00 bits per heavy atom. The first-order valence-electron chi connectivity index (χ1n) is 6.89. The van der Waals surface area contributed by atoms with Crippen LogP contribution in [0.1, 0.15) is 23.4 Å². The molecule has 1 saturated heterocycles. The number of anilines is 1. The standard InChI is InChI=1S/C14H15N3O4S/c18-14(16-11-4-3-7-15-10-11)12-5-6-13(21-12)22(19,20)17-8-1-2-9-17/h3-7,10H,1-2,8-9H2,(H,16,18). The molecule has 0 bridgehead atoms. The molecule has 7 nitrogen and oxygen atoms in total. The van der Waals surface area contributed by atoms with Crippen molar-refractivity contribution in [2.24, 2.45) is 0 Å². The molecule has 0 spiro atoms. The van der Waals surface area contributed by atoms with Crippen LogP contribution in [-0.4, -0.2) is 36.7 Å². The molecular weight excluding hydrogens is 306 g/mol. The first-order chi connectivity index (χ1) is 10.6. The van der Waals surface area contributed by atoms with Gasteiger partial charge in [0.15, 0.2) is 5.76 Å². The number of amides is 1. The number of hydrogen-bond acceptors (Lipinski definition) is 5. The predicted octanol–water partition coefficient (Wildman–Crippen LogP) is 1.71. The van der Waals surface area contributed by atoms with Crippen molar-refractivity contribution in [3.63, 3.8) is 0 Å². The second kappa shape index (κ2) is 5.90. The zero-order valence-corrected chi connectivity index (χ0v) is 12.5. The molecule has 0 aromatic carbocycles. The Hall–Kier alpha value is -2.19. The molecule has 3 heterocycles. The zero-order chi connectivity index (χ0) is 15.6. The van der Waals surface area contributed by atoms with E-state index in [0.717, 1.165) is 12.8 Å². The maximum atomic E-state index is 12.3. The molecule has 1 aliphatic heterocycles. The summed E-state index contributed by atoms with van der Waals surface area (Å²) >= 11 is 0. The van der Waals surface area contributed by atoms with Crippen LogP contribution >= 0.6 is 0 Å². The highest BCUT2D eigenvalue weighted by molar-refractivity contribution is 7.89. The van der Waals surface area contributed by atoms with Gasteiger partial charge in [-0.3, -0.25) is 9.78 Å². The Morgan fingerprint density at radius 1 is 1.23 bits per heavy atom. The van der Waals surface area contributed by atoms with E-state index < -0.39 is 15.9 Å². The number of carbonyl (C=O) groups excluding carboxylic acids is 1. The summed E-state index contributed by atoms with van der Waals surface area (Å²) in [6.45, 7) is 0.973. The van der Waals surface area contributed by atoms with Gasteiger partial charge in [0.05, 0.1) is 11.9 Å². The first-order valence-corrected chi connectivity index (χ1v) is 8.33. The van der Waals surface area contributed by atoms with Gasteiger partial charge in [0.2, 0.25) is 5.09 Å². The SMILES string of the molecule is O=C(Nc1cccnc1)c1ccc(S(=O)(=O)N2CCCC2)o1. The van der Waals surface area contributed by atoms with Crippen molar-refractivity contribution in [2.75, 3.05) is 18.4 Å². The summed E-state index contributed by atoms with van der Waals surface area (Å²) in [6.07, 6.45) is 4.76. The van der Waals surface area contributed by atoms with Crippen LogP contribution in [0.4, 0.5) is 5.69 Å². The van der Waals surface area contributed by atoms with Crippen molar-refractivity contribution in [1.29, 1.82) is 0 Å². The molecule has 22 heavy (non-hydrogen) atoms. The van der Waals surface area contributed by atoms with E-state index in [4.69, 9.17) is 4.42 Å². The molecule has 8 heteroatoms. The maximum absolute atomic E-state index is 12.3. The minimum atomic E-state index is -3.65. The Kier molecular flexibility index (Phi) is 3.95. The number of carbonyl (C=O) groups is 1. The second-order valence-electron chi connectivity index (χ2n) is 4.93. The number of hydrogen-bond donors (Lipinski definition) is 1. The largest absolute Gasteiger partial charge is 0.438 e. The lowest BCUT2D eigenvalue weighted by molar-refractivity contribution is 0.0991. The average molecular weight is 321 g/mol. The van der Waals surface area contributed by atoms with E-state index in [-0.39, 0.29) is 10.9 Å². The minimum Gasteiger partial charge on any atom is -0.438 e. The zero-order valence-electron chi connectivity index (χ0n) is 11.7. The maximum Gasteiger partial charge on any atom is 0.291 e. The van der Waals surface area contributed by atoms with Crippen LogP contribution in [0.3, 0.4) is 0 Å². The number of sulfonamides is 1. The van der Waals surface area contributed by atoms with E-state index in [1.54, 1.807) is 18.3 Å². The lowest BCUT2D eigenvalue weighted by atomic mass is 10.4. The number of nitrogens with zero attached hydrogens (tertiary/aromatic N) is 2. The third-order valence-corrected chi connectivity index (χ3v) is 5.16. The summed E-state index contributed by atoms with van der Waals surface area (Å²) in [5.74, 6) is -0.572. The smallest absolute Gasteiger partial charge is 0.291 e. The predicted molar refractivity (Wildman–Crippen MR) is 78.9 cm³/mol. The van der Waals surface area contributed by atoms with Crippen LogP contribution in [0.25, 0.3) is 0 Å². The van der Waals surface area contributed by atoms with Crippen LogP contribution < -0.4 is 5.32 Å². The third kappa shape index (κ3) is 2.88. The van der Waals surface area contributed by atoms with Gasteiger partial charge in [-0.25, -0.2) is 8.42 Å². The highest BCUT2D eigenvalue weighted by Gasteiger charge is 2.30. The lowest BCUT2D eigenvalue weighted by Gasteiger charge is -2.12. The van der Waals surface area contributed by atoms with Gasteiger partial charge in [-0.2, -0.15) is 4.31 Å². The van der Waals surface area contributed by atoms with E-state index in [1.165, 1.54) is 22.6 Å². The summed E-state index contributed by atoms with van der Waals surface area (Å²) in [4.78, 5) is 15.9. The van der Waals surface area contributed by atoms with Gasteiger partial charge in [-0.05, 0) is 37.1 Å². The molecule has 1 aliphatic rings. The number of furan rings is 1. The monoisotopic (exact) mass is 321 g/mol. The number of pyridine rings is 1. The minimum absolute atomic E-state index is 0.0541. The molecule has 2 aromatic rings. The van der Waals surface area contributed by atoms with E-state index >= 15 is 0 Å². The highest BCUT2D eigenvalue weighted by Crippen LogP contribution is 2.23. The van der Waals surface area contributed by atoms with Crippen molar-refractivity contribution in [3.05, 3.63) is 42.4 Å². The van der Waals surface area contributed by atoms with Gasteiger partial charge >= 0.3 is 0 Å². The van der Waals surface area contributed by atoms with Crippen molar-refractivity contribution in [3.8, 4) is 0 Å². The fourth-order valence-corrected chi connectivity index (χ4v) is 3.69. The van der Waals surface area contributed by atoms with Crippen molar-refractivity contribution < 1.29 is 17.6 Å². The Bertz CT molecular complexity index is 764. The summed E-state index contributed by atoms with van der Waals surface area (Å²) in [5.41, 5.74) is 0.507. The number of rotatable bonds is 4. The molecule has 2 aromatic heterocycles. The quantitative estimate of drug-likeness (QED) is 0.925. The molecule has 3 rings (SSSR count). The van der Waals surface area contributed by atoms with Crippen LogP contribution in [-0.2, 0) is 10.0 Å². The average Bonchev–Trinajstić information content (AvgIpc) is 3.20. The van der Waals surface area contributed by atoms with E-state index in [1.807, 2.05) is 0 Å². The van der Waals surface area contributed by atoms with Crippen LogP contribution in [0.5, 0.6) is 0 Å². The van der Waals surface area contributed by atoms with E-state index in [2.05, 4.69) is 10.3 Å². The van der Waals surface area contributed by atoms with Crippen LogP contribution in [0.15, 0.2) is 46.2 Å².